The molecule has 36 heteroatoms. The van der Waals surface area contributed by atoms with Gasteiger partial charge in [0.25, 0.3) is 11.2 Å². The lowest BCUT2D eigenvalue weighted by molar-refractivity contribution is -0.398. The number of alkyl halides is 17. The first-order valence-electron chi connectivity index (χ1n) is 24.4. The Kier molecular flexibility index (Phi) is 22.4. The second kappa shape index (κ2) is 27.8. The van der Waals surface area contributed by atoms with E-state index in [0.29, 0.717) is 14.7 Å². The van der Waals surface area contributed by atoms with Crippen molar-refractivity contribution in [3.05, 3.63) is 157 Å². The van der Waals surface area contributed by atoms with Gasteiger partial charge in [-0.05, 0) is 127 Å². The summed E-state index contributed by atoms with van der Waals surface area (Å²) in [4.78, 5) is 14.1. The molecule has 0 heterocycles. The number of anilines is 1. The molecule has 6 aromatic carbocycles. The number of halogens is 17. The zero-order chi connectivity index (χ0) is 66.2. The first-order chi connectivity index (χ1) is 41.2. The van der Waals surface area contributed by atoms with E-state index in [4.69, 9.17) is 28.1 Å². The first-order valence-corrected chi connectivity index (χ1v) is 29.7. The highest BCUT2D eigenvalue weighted by Gasteiger charge is 2.74. The van der Waals surface area contributed by atoms with Crippen molar-refractivity contribution in [1.29, 1.82) is 0 Å². The molecule has 0 radical (unpaired) electrons. The molecule has 0 aliphatic heterocycles. The van der Waals surface area contributed by atoms with Gasteiger partial charge >= 0.3 is 61.4 Å². The van der Waals surface area contributed by atoms with Crippen molar-refractivity contribution < 1.29 is 139 Å². The van der Waals surface area contributed by atoms with Crippen LogP contribution in [0.25, 0.3) is 0 Å². The van der Waals surface area contributed by atoms with E-state index in [2.05, 4.69) is 14.2 Å². The van der Waals surface area contributed by atoms with Crippen LogP contribution in [0.15, 0.2) is 181 Å². The van der Waals surface area contributed by atoms with Crippen molar-refractivity contribution >= 4 is 53.6 Å². The van der Waals surface area contributed by atoms with Gasteiger partial charge in [-0.2, -0.15) is 87.1 Å². The van der Waals surface area contributed by atoms with Gasteiger partial charge in [0.2, 0.25) is 6.17 Å². The molecule has 15 nitrogen and oxygen atoms in total. The predicted molar refractivity (Wildman–Crippen MR) is 279 cm³/mol. The molecule has 6 aromatic rings. The first kappa shape index (κ1) is 71.4. The number of benzene rings is 6. The van der Waals surface area contributed by atoms with Crippen LogP contribution < -0.4 is 19.5 Å². The predicted octanol–water partition coefficient (Wildman–Crippen LogP) is 12.8. The number of carbonyl (C=O) groups excluding carboxylic acids is 1. The third kappa shape index (κ3) is 16.7. The van der Waals surface area contributed by atoms with Crippen molar-refractivity contribution in [1.82, 2.24) is 0 Å². The van der Waals surface area contributed by atoms with Gasteiger partial charge in [0.05, 0.1) is 28.4 Å². The van der Waals surface area contributed by atoms with Gasteiger partial charge < -0.3 is 38.5 Å². The van der Waals surface area contributed by atoms with E-state index in [-0.39, 0.29) is 31.7 Å². The number of rotatable bonds is 28. The summed E-state index contributed by atoms with van der Waals surface area (Å²) in [6.07, 6.45) is -28.1. The highest BCUT2D eigenvalue weighted by molar-refractivity contribution is 7.97. The molecular weight excluding hydrogens is 1330 g/mol. The number of carbonyl (C=O) groups is 1. The lowest BCUT2D eigenvalue weighted by atomic mass is 10.0. The minimum atomic E-state index is -6.21. The van der Waals surface area contributed by atoms with Crippen molar-refractivity contribution in [2.75, 3.05) is 45.8 Å². The van der Waals surface area contributed by atoms with E-state index in [0.717, 1.165) is 55.6 Å². The SMILES string of the molecule is COCOC(COc1ccc([S+](c2ccc(COCOC(COc3ccc([S+](c4ccccc4)c4ccc(NC(=O)C(F)(F)S(=O)(=O)O)cc4)cc3)(C(F)(F)F)C(F)(F)F)cc2)c2ccc(OCC(F)C(F)(F)S(=O)(=O)O)cc2)cc1)(C(F)(F)F)C(F)(F)F. The lowest BCUT2D eigenvalue weighted by Crippen LogP contribution is -2.62. The average molecular weight is 1370 g/mol. The Balaban J connectivity index is 1.19. The molecule has 89 heavy (non-hydrogen) atoms. The summed E-state index contributed by atoms with van der Waals surface area (Å²) in [7, 11) is -14.1. The number of hydrogen-bond acceptors (Lipinski definition) is 12. The topological polar surface area (TPSA) is 202 Å². The summed E-state index contributed by atoms with van der Waals surface area (Å²) in [6.45, 7) is -9.78. The third-order valence-electron chi connectivity index (χ3n) is 12.2. The van der Waals surface area contributed by atoms with Crippen molar-refractivity contribution in [2.45, 2.75) is 88.6 Å². The number of amides is 1. The minimum absolute atomic E-state index is 0.0860. The minimum Gasteiger partial charge on any atom is -0.490 e. The van der Waals surface area contributed by atoms with Crippen molar-refractivity contribution in [2.24, 2.45) is 0 Å². The largest absolute Gasteiger partial charge is 0.490 e. The number of methoxy groups -OCH3 is 1. The van der Waals surface area contributed by atoms with Crippen molar-refractivity contribution in [3.63, 3.8) is 0 Å². The van der Waals surface area contributed by atoms with Gasteiger partial charge in [-0.1, -0.05) is 30.3 Å². The molecule has 3 N–H and O–H groups in total. The number of hydrogen-bond donors (Lipinski definition) is 3. The molecule has 0 bridgehead atoms. The fourth-order valence-electron chi connectivity index (χ4n) is 7.42. The van der Waals surface area contributed by atoms with Gasteiger partial charge in [0.1, 0.15) is 50.7 Å². The van der Waals surface area contributed by atoms with Crippen LogP contribution in [-0.4, -0.2) is 125 Å². The summed E-state index contributed by atoms with van der Waals surface area (Å²) >= 11 is 0. The maximum atomic E-state index is 14.6. The second-order valence-corrected chi connectivity index (χ2v) is 25.2. The molecule has 0 fully saturated rings. The molecule has 0 saturated heterocycles. The maximum Gasteiger partial charge on any atom is 0.446 e. The molecule has 6 rings (SSSR count). The van der Waals surface area contributed by atoms with Crippen LogP contribution in [0, 0.1) is 0 Å². The maximum absolute atomic E-state index is 14.6. The summed E-state index contributed by atoms with van der Waals surface area (Å²) in [5.41, 5.74) is -10.1. The van der Waals surface area contributed by atoms with E-state index >= 15 is 0 Å². The van der Waals surface area contributed by atoms with Gasteiger partial charge in [-0.15, -0.1) is 0 Å². The number of nitrogens with one attached hydrogen (secondary N) is 1. The molecule has 0 spiro atoms. The zero-order valence-electron chi connectivity index (χ0n) is 44.6. The van der Waals surface area contributed by atoms with Crippen molar-refractivity contribution in [3.8, 4) is 17.2 Å². The van der Waals surface area contributed by atoms with E-state index in [9.17, 15) is 96.3 Å². The van der Waals surface area contributed by atoms with Gasteiger partial charge in [0.15, 0.2) is 29.4 Å². The normalized spacial score (nSPS) is 14.4. The third-order valence-corrected chi connectivity index (χ3v) is 18.4. The van der Waals surface area contributed by atoms with Crippen LogP contribution in [0.3, 0.4) is 0 Å². The Hall–Kier alpha value is -6.64. The highest BCUT2D eigenvalue weighted by atomic mass is 32.2. The molecule has 0 aromatic heterocycles. The Morgan fingerprint density at radius 1 is 0.483 bits per heavy atom. The van der Waals surface area contributed by atoms with Crippen LogP contribution in [0.2, 0.25) is 0 Å². The monoisotopic (exact) mass is 1370 g/mol. The van der Waals surface area contributed by atoms with Crippen LogP contribution >= 0.6 is 0 Å². The standard InChI is InChI=1S/C53H42F17NO14S4/c1-79-31-84-46(50(59,60)61,51(62,63)64)29-82-36-15-25-43(26-16-36)87(42-21-11-35(12-22-42)81-28-44(54)48(55,56)88(73,74)75)39-17-7-33(8-18-39)27-80-32-85-47(52(65,66)67,53(68,69)70)30-83-37-13-23-41(24-14-37)86(38-5-3-2-4-6-38)40-19-9-34(10-20-40)71-45(72)49(57,58)89(76,77)78/h2-26,44H,27-32H2,1H3,(H-2,71,72,73,74,75,76,77,78)/p+2. The van der Waals surface area contributed by atoms with Gasteiger partial charge in [-0.3, -0.25) is 13.9 Å². The molecule has 486 valence electrons. The summed E-state index contributed by atoms with van der Waals surface area (Å²) in [5.74, 6) is -3.78. The summed E-state index contributed by atoms with van der Waals surface area (Å²) < 4.78 is 335. The fraction of sp³-hybridized carbons (Fsp3) is 0.302. The summed E-state index contributed by atoms with van der Waals surface area (Å²) in [5, 5.41) is -8.83. The Bertz CT molecular complexity index is 3510. The van der Waals surface area contributed by atoms with Crippen LogP contribution in [0.5, 0.6) is 17.2 Å². The fourth-order valence-corrected chi connectivity index (χ4v) is 12.2. The summed E-state index contributed by atoms with van der Waals surface area (Å²) in [6, 6.07) is 32.1. The van der Waals surface area contributed by atoms with Crippen LogP contribution in [0.1, 0.15) is 5.56 Å². The molecule has 0 aliphatic rings. The van der Waals surface area contributed by atoms with E-state index in [1.165, 1.54) is 72.8 Å². The van der Waals surface area contributed by atoms with E-state index in [1.807, 2.05) is 0 Å². The molecule has 0 saturated carbocycles. The number of ether oxygens (including phenoxy) is 7. The molecular formula is C53H44F17NO14S4+2. The lowest BCUT2D eigenvalue weighted by Gasteiger charge is -2.36. The second-order valence-electron chi connectivity index (χ2n) is 18.2. The van der Waals surface area contributed by atoms with E-state index < -0.39 is 152 Å². The van der Waals surface area contributed by atoms with Gasteiger partial charge in [-0.25, -0.2) is 4.39 Å². The quantitative estimate of drug-likeness (QED) is 0.0138. The smallest absolute Gasteiger partial charge is 0.446 e. The Morgan fingerprint density at radius 2 is 0.831 bits per heavy atom. The van der Waals surface area contributed by atoms with Crippen LogP contribution in [-0.2, 0) is 72.4 Å². The average Bonchev–Trinajstić information content (AvgIpc) is 1.03. The zero-order valence-corrected chi connectivity index (χ0v) is 47.9. The Morgan fingerprint density at radius 3 is 1.19 bits per heavy atom. The molecule has 3 atom stereocenters. The van der Waals surface area contributed by atoms with E-state index in [1.54, 1.807) is 35.6 Å². The molecule has 0 aliphatic carbocycles. The van der Waals surface area contributed by atoms with Gasteiger partial charge in [0, 0.05) is 12.8 Å². The molecule has 3 unspecified atom stereocenters. The Labute approximate surface area is 499 Å². The van der Waals surface area contributed by atoms with Crippen LogP contribution in [0.4, 0.5) is 80.3 Å². The highest BCUT2D eigenvalue weighted by Crippen LogP contribution is 2.48. The molecule has 1 amide bonds.